The lowest BCUT2D eigenvalue weighted by Gasteiger charge is -2.26. The Bertz CT molecular complexity index is 671. The van der Waals surface area contributed by atoms with E-state index in [9.17, 15) is 13.2 Å². The number of rotatable bonds is 5. The van der Waals surface area contributed by atoms with Crippen LogP contribution in [0, 0.1) is 5.92 Å². The number of nitrogens with one attached hydrogen (secondary N) is 1. The van der Waals surface area contributed by atoms with Gasteiger partial charge in [-0.2, -0.15) is 4.31 Å². The van der Waals surface area contributed by atoms with Crippen LogP contribution in [0.2, 0.25) is 0 Å². The first kappa shape index (κ1) is 17.5. The number of aromatic nitrogens is 1. The molecule has 2 fully saturated rings. The molecule has 134 valence electrons. The van der Waals surface area contributed by atoms with Gasteiger partial charge in [-0.05, 0) is 37.7 Å². The molecule has 24 heavy (non-hydrogen) atoms. The Morgan fingerprint density at radius 1 is 1.21 bits per heavy atom. The molecule has 0 radical (unpaired) electrons. The van der Waals surface area contributed by atoms with Gasteiger partial charge >= 0.3 is 0 Å². The Hall–Kier alpha value is -1.34. The standard InChI is InChI=1S/C17H27N3O3S/c1-19(13-14-7-3-2-4-8-14)17(21)16-11-15(12-18-16)24(22,23)20-9-5-6-10-20/h11-12,14,18H,2-10,13H2,1H3. The van der Waals surface area contributed by atoms with Crippen molar-refractivity contribution in [3.05, 3.63) is 18.0 Å². The summed E-state index contributed by atoms with van der Waals surface area (Å²) in [7, 11) is -1.67. The number of aromatic amines is 1. The fourth-order valence-corrected chi connectivity index (χ4v) is 5.28. The number of amides is 1. The van der Waals surface area contributed by atoms with Crippen LogP contribution in [-0.4, -0.2) is 55.2 Å². The Kier molecular flexibility index (Phi) is 5.30. The number of hydrogen-bond acceptors (Lipinski definition) is 3. The fraction of sp³-hybridized carbons (Fsp3) is 0.706. The van der Waals surface area contributed by atoms with Crippen molar-refractivity contribution >= 4 is 15.9 Å². The van der Waals surface area contributed by atoms with Crippen LogP contribution in [0.1, 0.15) is 55.4 Å². The minimum absolute atomic E-state index is 0.136. The molecular formula is C17H27N3O3S. The van der Waals surface area contributed by atoms with Gasteiger partial charge in [-0.3, -0.25) is 4.79 Å². The van der Waals surface area contributed by atoms with Gasteiger partial charge in [0.15, 0.2) is 0 Å². The maximum Gasteiger partial charge on any atom is 0.270 e. The van der Waals surface area contributed by atoms with Crippen molar-refractivity contribution < 1.29 is 13.2 Å². The fourth-order valence-electron chi connectivity index (χ4n) is 3.77. The predicted octanol–water partition coefficient (Wildman–Crippen LogP) is 2.45. The number of nitrogens with zero attached hydrogens (tertiary/aromatic N) is 2. The zero-order valence-electron chi connectivity index (χ0n) is 14.3. The lowest BCUT2D eigenvalue weighted by molar-refractivity contribution is 0.0755. The Morgan fingerprint density at radius 3 is 2.54 bits per heavy atom. The quantitative estimate of drug-likeness (QED) is 0.884. The molecule has 1 saturated carbocycles. The van der Waals surface area contributed by atoms with E-state index in [0.29, 0.717) is 24.7 Å². The van der Waals surface area contributed by atoms with Crippen LogP contribution >= 0.6 is 0 Å². The van der Waals surface area contributed by atoms with Gasteiger partial charge in [-0.25, -0.2) is 8.42 Å². The van der Waals surface area contributed by atoms with Crippen molar-refractivity contribution in [2.45, 2.75) is 49.8 Å². The highest BCUT2D eigenvalue weighted by atomic mass is 32.2. The van der Waals surface area contributed by atoms with Crippen molar-refractivity contribution in [2.24, 2.45) is 5.92 Å². The molecule has 1 aromatic heterocycles. The maximum atomic E-state index is 12.6. The lowest BCUT2D eigenvalue weighted by atomic mass is 9.89. The minimum atomic E-state index is -3.47. The molecule has 0 aromatic carbocycles. The summed E-state index contributed by atoms with van der Waals surface area (Å²) in [6.45, 7) is 1.88. The van der Waals surface area contributed by atoms with Gasteiger partial charge in [-0.15, -0.1) is 0 Å². The van der Waals surface area contributed by atoms with Crippen LogP contribution in [0.4, 0.5) is 0 Å². The maximum absolute atomic E-state index is 12.6. The van der Waals surface area contributed by atoms with Crippen LogP contribution in [0.5, 0.6) is 0 Å². The van der Waals surface area contributed by atoms with E-state index in [4.69, 9.17) is 0 Å². The van der Waals surface area contributed by atoms with E-state index in [1.165, 1.54) is 48.7 Å². The van der Waals surface area contributed by atoms with Gasteiger partial charge in [-0.1, -0.05) is 19.3 Å². The van der Waals surface area contributed by atoms with Crippen LogP contribution in [0.25, 0.3) is 0 Å². The van der Waals surface area contributed by atoms with E-state index in [1.807, 2.05) is 0 Å². The molecule has 3 rings (SSSR count). The second-order valence-corrected chi connectivity index (χ2v) is 8.99. The van der Waals surface area contributed by atoms with E-state index < -0.39 is 10.0 Å². The Labute approximate surface area is 144 Å². The molecule has 7 heteroatoms. The first-order valence-corrected chi connectivity index (χ1v) is 10.4. The van der Waals surface area contributed by atoms with Crippen LogP contribution < -0.4 is 0 Å². The van der Waals surface area contributed by atoms with E-state index in [-0.39, 0.29) is 10.8 Å². The first-order chi connectivity index (χ1) is 11.5. The smallest absolute Gasteiger partial charge is 0.270 e. The summed E-state index contributed by atoms with van der Waals surface area (Å²) in [5.41, 5.74) is 0.353. The molecule has 2 aliphatic rings. The molecule has 1 aliphatic carbocycles. The Morgan fingerprint density at radius 2 is 1.88 bits per heavy atom. The van der Waals surface area contributed by atoms with Crippen LogP contribution in [-0.2, 0) is 10.0 Å². The third-order valence-electron chi connectivity index (χ3n) is 5.19. The normalized spacial score (nSPS) is 20.4. The molecule has 1 N–H and O–H groups in total. The lowest BCUT2D eigenvalue weighted by Crippen LogP contribution is -2.32. The van der Waals surface area contributed by atoms with Crippen LogP contribution in [0.3, 0.4) is 0 Å². The van der Waals surface area contributed by atoms with Crippen molar-refractivity contribution in [3.8, 4) is 0 Å². The third-order valence-corrected chi connectivity index (χ3v) is 7.07. The van der Waals surface area contributed by atoms with E-state index in [0.717, 1.165) is 19.4 Å². The largest absolute Gasteiger partial charge is 0.356 e. The molecule has 0 atom stereocenters. The number of hydrogen-bond donors (Lipinski definition) is 1. The van der Waals surface area contributed by atoms with Crippen molar-refractivity contribution in [1.29, 1.82) is 0 Å². The van der Waals surface area contributed by atoms with Crippen LogP contribution in [0.15, 0.2) is 17.2 Å². The Balaban J connectivity index is 1.66. The van der Waals surface area contributed by atoms with Gasteiger partial charge in [0.05, 0.1) is 0 Å². The molecule has 1 amide bonds. The van der Waals surface area contributed by atoms with E-state index >= 15 is 0 Å². The molecule has 1 aliphatic heterocycles. The molecule has 0 unspecified atom stereocenters. The molecular weight excluding hydrogens is 326 g/mol. The predicted molar refractivity (Wildman–Crippen MR) is 92.3 cm³/mol. The topological polar surface area (TPSA) is 73.5 Å². The average Bonchev–Trinajstić information content (AvgIpc) is 3.27. The zero-order chi connectivity index (χ0) is 17.2. The number of H-pyrrole nitrogens is 1. The van der Waals surface area contributed by atoms with E-state index in [1.54, 1.807) is 11.9 Å². The summed E-state index contributed by atoms with van der Waals surface area (Å²) in [4.78, 5) is 17.3. The number of carbonyl (C=O) groups excluding carboxylic acids is 1. The van der Waals surface area contributed by atoms with Gasteiger partial charge in [0.25, 0.3) is 5.91 Å². The molecule has 1 aromatic rings. The second-order valence-electron chi connectivity index (χ2n) is 7.05. The summed E-state index contributed by atoms with van der Waals surface area (Å²) >= 11 is 0. The molecule has 1 saturated heterocycles. The average molecular weight is 353 g/mol. The molecule has 6 nitrogen and oxygen atoms in total. The summed E-state index contributed by atoms with van der Waals surface area (Å²) in [5, 5.41) is 0. The van der Waals surface area contributed by atoms with E-state index in [2.05, 4.69) is 4.98 Å². The first-order valence-electron chi connectivity index (χ1n) is 8.92. The third kappa shape index (κ3) is 3.67. The summed E-state index contributed by atoms with van der Waals surface area (Å²) < 4.78 is 26.6. The van der Waals surface area contributed by atoms with Crippen molar-refractivity contribution in [3.63, 3.8) is 0 Å². The summed E-state index contributed by atoms with van der Waals surface area (Å²) in [6, 6.07) is 1.48. The zero-order valence-corrected chi connectivity index (χ0v) is 15.1. The molecule has 2 heterocycles. The molecule has 0 bridgehead atoms. The summed E-state index contributed by atoms with van der Waals surface area (Å²) in [6.07, 6.45) is 9.38. The van der Waals surface area contributed by atoms with Gasteiger partial charge in [0, 0.05) is 32.9 Å². The highest BCUT2D eigenvalue weighted by Gasteiger charge is 2.29. The highest BCUT2D eigenvalue weighted by molar-refractivity contribution is 7.89. The second kappa shape index (κ2) is 7.27. The molecule has 0 spiro atoms. The highest BCUT2D eigenvalue weighted by Crippen LogP contribution is 2.25. The number of sulfonamides is 1. The van der Waals surface area contributed by atoms with Gasteiger partial charge in [0.1, 0.15) is 10.6 Å². The van der Waals surface area contributed by atoms with Crippen molar-refractivity contribution in [1.82, 2.24) is 14.2 Å². The monoisotopic (exact) mass is 353 g/mol. The minimum Gasteiger partial charge on any atom is -0.356 e. The SMILES string of the molecule is CN(CC1CCCCC1)C(=O)c1cc(S(=O)(=O)N2CCCC2)c[nH]1. The number of carbonyl (C=O) groups is 1. The van der Waals surface area contributed by atoms with Gasteiger partial charge in [0.2, 0.25) is 10.0 Å². The summed E-state index contributed by atoms with van der Waals surface area (Å²) in [5.74, 6) is 0.430. The van der Waals surface area contributed by atoms with Gasteiger partial charge < -0.3 is 9.88 Å². The van der Waals surface area contributed by atoms with Crippen molar-refractivity contribution in [2.75, 3.05) is 26.7 Å².